The van der Waals surface area contributed by atoms with Crippen LogP contribution in [0.4, 0.5) is 0 Å². The summed E-state index contributed by atoms with van der Waals surface area (Å²) in [4.78, 5) is 10.3. The zero-order chi connectivity index (χ0) is 12.1. The molecule has 0 aliphatic rings. The van der Waals surface area contributed by atoms with Crippen LogP contribution in [0.1, 0.15) is 74.0 Å². The van der Waals surface area contributed by atoms with E-state index >= 15 is 0 Å². The first-order chi connectivity index (χ1) is 7.77. The van der Waals surface area contributed by atoms with Crippen LogP contribution in [0.25, 0.3) is 0 Å². The van der Waals surface area contributed by atoms with Gasteiger partial charge in [0, 0.05) is 6.42 Å². The third kappa shape index (κ3) is 19.0. The normalized spacial score (nSPS) is 10.4. The average Bonchev–Trinajstić information content (AvgIpc) is 2.25. The van der Waals surface area contributed by atoms with Gasteiger partial charge in [0.15, 0.2) is 0 Å². The van der Waals surface area contributed by atoms with Crippen molar-refractivity contribution in [2.45, 2.75) is 71.1 Å². The largest absolute Gasteiger partial charge is 2.00 e. The van der Waals surface area contributed by atoms with Gasteiger partial charge < -0.3 is 7.96 Å². The van der Waals surface area contributed by atoms with E-state index in [9.17, 15) is 4.79 Å². The molecular weight excluding hydrogens is 240 g/mol. The van der Waals surface area contributed by atoms with Gasteiger partial charge in [-0.05, 0) is 25.7 Å². The van der Waals surface area contributed by atoms with Crippen LogP contribution in [0, 0.1) is 0 Å². The van der Waals surface area contributed by atoms with E-state index in [1.165, 1.54) is 44.9 Å². The van der Waals surface area contributed by atoms with Gasteiger partial charge in [0.2, 0.25) is 0 Å². The van der Waals surface area contributed by atoms with Crippen LogP contribution in [0.15, 0.2) is 12.2 Å². The molecule has 0 amide bonds. The summed E-state index contributed by atoms with van der Waals surface area (Å²) in [5, 5.41) is 8.45. The number of unbranched alkanes of at least 4 members (excludes halogenated alkanes) is 7. The molecule has 0 aliphatic heterocycles. The van der Waals surface area contributed by atoms with Crippen molar-refractivity contribution in [1.82, 2.24) is 0 Å². The summed E-state index contributed by atoms with van der Waals surface area (Å²) in [5.74, 6) is -0.668. The maximum atomic E-state index is 10.3. The number of hydrogen-bond acceptors (Lipinski definition) is 1. The Morgan fingerprint density at radius 1 is 1.00 bits per heavy atom. The van der Waals surface area contributed by atoms with Gasteiger partial charge in [-0.25, -0.2) is 0 Å². The summed E-state index contributed by atoms with van der Waals surface area (Å²) in [5.41, 5.74) is 0. The molecule has 17 heavy (non-hydrogen) atoms. The second-order valence-corrected chi connectivity index (χ2v) is 4.31. The van der Waals surface area contributed by atoms with E-state index < -0.39 is 5.97 Å². The first-order valence-corrected chi connectivity index (χ1v) is 6.64. The molecule has 0 aliphatic carbocycles. The van der Waals surface area contributed by atoms with E-state index in [2.05, 4.69) is 19.1 Å². The Bertz CT molecular complexity index is 200. The Morgan fingerprint density at radius 2 is 1.53 bits per heavy atom. The minimum Gasteiger partial charge on any atom is -1.00 e. The number of rotatable bonds is 11. The van der Waals surface area contributed by atoms with Crippen molar-refractivity contribution >= 4 is 43.7 Å². The monoisotopic (exact) mass is 268 g/mol. The number of hydrogen-bond donors (Lipinski definition) is 1. The molecule has 98 valence electrons. The molecule has 0 unspecified atom stereocenters. The first kappa shape index (κ1) is 19.8. The maximum Gasteiger partial charge on any atom is 2.00 e. The minimum absolute atomic E-state index is 0. The Morgan fingerprint density at radius 3 is 2.12 bits per heavy atom. The quantitative estimate of drug-likeness (QED) is 0.343. The van der Waals surface area contributed by atoms with Crippen molar-refractivity contribution in [3.63, 3.8) is 0 Å². The molecule has 0 heterocycles. The topological polar surface area (TPSA) is 37.3 Å². The van der Waals surface area contributed by atoms with Crippen LogP contribution >= 0.6 is 0 Å². The Labute approximate surface area is 139 Å². The van der Waals surface area contributed by atoms with Gasteiger partial charge in [0.05, 0.1) is 0 Å². The second-order valence-electron chi connectivity index (χ2n) is 4.31. The number of carboxylic acids is 1. The second kappa shape index (κ2) is 16.5. The minimum atomic E-state index is -0.668. The van der Waals surface area contributed by atoms with Gasteiger partial charge in [0.25, 0.3) is 0 Å². The van der Waals surface area contributed by atoms with Gasteiger partial charge >= 0.3 is 43.7 Å². The number of carboxylic acid groups (broad SMARTS) is 1. The zero-order valence-corrected chi connectivity index (χ0v) is 13.5. The third-order valence-electron chi connectivity index (χ3n) is 2.65. The molecule has 0 aromatic heterocycles. The summed E-state index contributed by atoms with van der Waals surface area (Å²) in [6.07, 6.45) is 15.4. The molecule has 0 saturated heterocycles. The molecule has 0 fully saturated rings. The summed E-state index contributed by atoms with van der Waals surface area (Å²) in [6.45, 7) is 2.21. The van der Waals surface area contributed by atoms with Crippen LogP contribution in [-0.2, 0) is 4.79 Å². The molecule has 2 nitrogen and oxygen atoms in total. The van der Waals surface area contributed by atoms with Gasteiger partial charge in [-0.15, -0.1) is 0 Å². The van der Waals surface area contributed by atoms with E-state index in [-0.39, 0.29) is 40.6 Å². The summed E-state index contributed by atoms with van der Waals surface area (Å²) in [6, 6.07) is 0. The Kier molecular flexibility index (Phi) is 19.2. The first-order valence-electron chi connectivity index (χ1n) is 6.64. The van der Waals surface area contributed by atoms with E-state index in [1.807, 2.05) is 0 Å². The van der Waals surface area contributed by atoms with Crippen molar-refractivity contribution in [3.8, 4) is 0 Å². The van der Waals surface area contributed by atoms with E-state index in [0.717, 1.165) is 12.8 Å². The molecular formula is C14H28CaO2. The van der Waals surface area contributed by atoms with E-state index in [1.54, 1.807) is 0 Å². The van der Waals surface area contributed by atoms with Gasteiger partial charge in [-0.1, -0.05) is 51.2 Å². The van der Waals surface area contributed by atoms with Crippen LogP contribution in [0.2, 0.25) is 0 Å². The van der Waals surface area contributed by atoms with Gasteiger partial charge in [0.1, 0.15) is 0 Å². The SMILES string of the molecule is CCCCC=CCCCCCCCC(=O)O.[Ca+2].[H-].[H-]. The van der Waals surface area contributed by atoms with Crippen molar-refractivity contribution in [2.75, 3.05) is 0 Å². The van der Waals surface area contributed by atoms with Crippen LogP contribution in [0.5, 0.6) is 0 Å². The van der Waals surface area contributed by atoms with Crippen LogP contribution in [0.3, 0.4) is 0 Å². The number of carbonyl (C=O) groups is 1. The third-order valence-corrected chi connectivity index (χ3v) is 2.65. The Balaban J connectivity index is -0.000000375. The molecule has 1 N–H and O–H groups in total. The van der Waals surface area contributed by atoms with Crippen LogP contribution in [-0.4, -0.2) is 48.8 Å². The van der Waals surface area contributed by atoms with E-state index in [0.29, 0.717) is 6.42 Å². The van der Waals surface area contributed by atoms with Crippen molar-refractivity contribution < 1.29 is 12.8 Å². The predicted octanol–water partition coefficient (Wildman–Crippen LogP) is 4.39. The summed E-state index contributed by atoms with van der Waals surface area (Å²) < 4.78 is 0. The number of aliphatic carboxylic acids is 1. The standard InChI is InChI=1S/C14H26O2.Ca.2H/c1-2-3-4-5-6-7-8-9-10-11-12-13-14(15)16;;;/h5-6H,2-4,7-13H2,1H3,(H,15,16);;;/q;+2;2*-1. The molecule has 0 aromatic carbocycles. The van der Waals surface area contributed by atoms with Crippen molar-refractivity contribution in [3.05, 3.63) is 12.2 Å². The van der Waals surface area contributed by atoms with Gasteiger partial charge in [-0.2, -0.15) is 0 Å². The molecule has 0 radical (unpaired) electrons. The molecule has 0 rings (SSSR count). The van der Waals surface area contributed by atoms with Crippen molar-refractivity contribution in [1.29, 1.82) is 0 Å². The fourth-order valence-corrected chi connectivity index (χ4v) is 1.63. The van der Waals surface area contributed by atoms with Crippen LogP contribution < -0.4 is 0 Å². The zero-order valence-electron chi connectivity index (χ0n) is 13.3. The molecule has 0 bridgehead atoms. The molecule has 0 aromatic rings. The smallest absolute Gasteiger partial charge is 1.00 e. The fraction of sp³-hybridized carbons (Fsp3) is 0.786. The Hall–Kier alpha value is 0.470. The van der Waals surface area contributed by atoms with Gasteiger partial charge in [-0.3, -0.25) is 4.79 Å². The number of allylic oxidation sites excluding steroid dienone is 2. The average molecular weight is 268 g/mol. The summed E-state index contributed by atoms with van der Waals surface area (Å²) in [7, 11) is 0. The fourth-order valence-electron chi connectivity index (χ4n) is 1.63. The predicted molar refractivity (Wildman–Crippen MR) is 76.6 cm³/mol. The molecule has 0 atom stereocenters. The van der Waals surface area contributed by atoms with E-state index in [4.69, 9.17) is 5.11 Å². The molecule has 3 heteroatoms. The molecule has 0 saturated carbocycles. The molecule has 0 spiro atoms. The maximum absolute atomic E-state index is 10.3. The van der Waals surface area contributed by atoms with Crippen molar-refractivity contribution in [2.24, 2.45) is 0 Å². The summed E-state index contributed by atoms with van der Waals surface area (Å²) >= 11 is 0.